The topological polar surface area (TPSA) is 67.2 Å². The van der Waals surface area contributed by atoms with Gasteiger partial charge >= 0.3 is 0 Å². The van der Waals surface area contributed by atoms with Crippen LogP contribution in [0, 0.1) is 0 Å². The lowest BCUT2D eigenvalue weighted by Gasteiger charge is -2.15. The summed E-state index contributed by atoms with van der Waals surface area (Å²) in [4.78, 5) is 12.6. The Hall–Kier alpha value is -0.590. The highest BCUT2D eigenvalue weighted by Gasteiger charge is 2.18. The summed E-state index contributed by atoms with van der Waals surface area (Å²) in [6, 6.07) is 1.98. The van der Waals surface area contributed by atoms with Crippen LogP contribution in [0.4, 0.5) is 5.69 Å². The Morgan fingerprint density at radius 3 is 3.12 bits per heavy atom. The molecule has 0 radical (unpaired) electrons. The Balaban J connectivity index is 1.98. The quantitative estimate of drug-likeness (QED) is 0.781. The van der Waals surface area contributed by atoms with Gasteiger partial charge in [0.25, 0.3) is 5.91 Å². The summed E-state index contributed by atoms with van der Waals surface area (Å²) in [7, 11) is 0. The number of amides is 1. The van der Waals surface area contributed by atoms with E-state index in [0.717, 1.165) is 29.7 Å². The van der Waals surface area contributed by atoms with Crippen LogP contribution in [-0.4, -0.2) is 25.0 Å². The smallest absolute Gasteiger partial charge is 0.263 e. The molecule has 0 aromatic carbocycles. The third-order valence-corrected chi connectivity index (χ3v) is 4.47. The van der Waals surface area contributed by atoms with Crippen molar-refractivity contribution >= 4 is 38.9 Å². The molecule has 6 heteroatoms. The molecule has 1 aliphatic heterocycles. The average Bonchev–Trinajstić information content (AvgIpc) is 2.51. The zero-order valence-electron chi connectivity index (χ0n) is 9.46. The second-order valence-corrected chi connectivity index (χ2v) is 6.64. The van der Waals surface area contributed by atoms with E-state index in [1.165, 1.54) is 17.8 Å². The van der Waals surface area contributed by atoms with Gasteiger partial charge in [0, 0.05) is 12.6 Å². The van der Waals surface area contributed by atoms with Crippen molar-refractivity contribution in [3.8, 4) is 0 Å². The summed E-state index contributed by atoms with van der Waals surface area (Å²) in [5, 5.41) is 6.36. The average molecular weight is 318 g/mol. The predicted molar refractivity (Wildman–Crippen MR) is 74.4 cm³/mol. The second kappa shape index (κ2) is 5.84. The molecule has 1 aliphatic rings. The van der Waals surface area contributed by atoms with Gasteiger partial charge in [0.15, 0.2) is 0 Å². The Morgan fingerprint density at radius 2 is 2.41 bits per heavy atom. The van der Waals surface area contributed by atoms with E-state index in [1.54, 1.807) is 6.07 Å². The fourth-order valence-electron chi connectivity index (χ4n) is 1.94. The molecule has 1 amide bonds. The van der Waals surface area contributed by atoms with E-state index in [1.807, 2.05) is 0 Å². The molecule has 1 fully saturated rings. The highest BCUT2D eigenvalue weighted by molar-refractivity contribution is 9.11. The third kappa shape index (κ3) is 3.43. The first-order valence-electron chi connectivity index (χ1n) is 5.73. The standard InChI is InChI=1S/C11H16BrN3OS/c12-9-5-8(13)10(17-9)11(16)15-7-3-1-2-4-14-6-7/h5,7,14H,1-4,6,13H2,(H,15,16)/t7-/m0/s1. The summed E-state index contributed by atoms with van der Waals surface area (Å²) in [5.74, 6) is -0.0631. The zero-order chi connectivity index (χ0) is 12.3. The van der Waals surface area contributed by atoms with Crippen molar-refractivity contribution in [1.29, 1.82) is 0 Å². The molecule has 1 aromatic heterocycles. The normalized spacial score (nSPS) is 20.9. The number of hydrogen-bond acceptors (Lipinski definition) is 4. The number of carbonyl (C=O) groups is 1. The van der Waals surface area contributed by atoms with E-state index in [4.69, 9.17) is 5.73 Å². The van der Waals surface area contributed by atoms with Gasteiger partial charge in [0.05, 0.1) is 9.47 Å². The Morgan fingerprint density at radius 1 is 1.59 bits per heavy atom. The van der Waals surface area contributed by atoms with Crippen LogP contribution in [0.15, 0.2) is 9.85 Å². The number of nitrogens with two attached hydrogens (primary N) is 1. The maximum absolute atomic E-state index is 12.0. The van der Waals surface area contributed by atoms with E-state index in [0.29, 0.717) is 10.6 Å². The van der Waals surface area contributed by atoms with Crippen molar-refractivity contribution in [2.75, 3.05) is 18.8 Å². The highest BCUT2D eigenvalue weighted by Crippen LogP contribution is 2.29. The van der Waals surface area contributed by atoms with Gasteiger partial charge < -0.3 is 16.4 Å². The van der Waals surface area contributed by atoms with Gasteiger partial charge in [0.2, 0.25) is 0 Å². The number of anilines is 1. The van der Waals surface area contributed by atoms with E-state index in [9.17, 15) is 4.79 Å². The molecule has 2 rings (SSSR count). The first-order chi connectivity index (χ1) is 8.16. The summed E-state index contributed by atoms with van der Waals surface area (Å²) >= 11 is 4.71. The Bertz CT molecular complexity index is 399. The molecule has 17 heavy (non-hydrogen) atoms. The van der Waals surface area contributed by atoms with Gasteiger partial charge in [0.1, 0.15) is 4.88 Å². The lowest BCUT2D eigenvalue weighted by Crippen LogP contribution is -2.40. The SMILES string of the molecule is Nc1cc(Br)sc1C(=O)N[C@H]1CCCCNC1. The van der Waals surface area contributed by atoms with Crippen LogP contribution in [0.25, 0.3) is 0 Å². The first kappa shape index (κ1) is 12.9. The van der Waals surface area contributed by atoms with Crippen LogP contribution in [0.2, 0.25) is 0 Å². The van der Waals surface area contributed by atoms with Crippen LogP contribution in [0.3, 0.4) is 0 Å². The number of nitrogens with one attached hydrogen (secondary N) is 2. The van der Waals surface area contributed by atoms with Crippen molar-refractivity contribution in [1.82, 2.24) is 10.6 Å². The molecular weight excluding hydrogens is 302 g/mol. The lowest BCUT2D eigenvalue weighted by atomic mass is 10.1. The molecule has 4 nitrogen and oxygen atoms in total. The summed E-state index contributed by atoms with van der Waals surface area (Å²) in [5.41, 5.74) is 6.32. The minimum atomic E-state index is -0.0631. The first-order valence-corrected chi connectivity index (χ1v) is 7.34. The van der Waals surface area contributed by atoms with Gasteiger partial charge in [-0.3, -0.25) is 4.79 Å². The molecule has 1 saturated heterocycles. The molecule has 1 atom stereocenters. The van der Waals surface area contributed by atoms with Crippen LogP contribution >= 0.6 is 27.3 Å². The van der Waals surface area contributed by atoms with Crippen LogP contribution in [0.1, 0.15) is 28.9 Å². The molecule has 0 aliphatic carbocycles. The Kier molecular flexibility index (Phi) is 4.42. The van der Waals surface area contributed by atoms with Crippen LogP contribution < -0.4 is 16.4 Å². The number of halogens is 1. The molecule has 2 heterocycles. The largest absolute Gasteiger partial charge is 0.397 e. The van der Waals surface area contributed by atoms with E-state index in [-0.39, 0.29) is 11.9 Å². The van der Waals surface area contributed by atoms with Crippen LogP contribution in [-0.2, 0) is 0 Å². The minimum Gasteiger partial charge on any atom is -0.397 e. The summed E-state index contributed by atoms with van der Waals surface area (Å²) in [6.07, 6.45) is 3.37. The van der Waals surface area contributed by atoms with Crippen molar-refractivity contribution < 1.29 is 4.79 Å². The fraction of sp³-hybridized carbons (Fsp3) is 0.545. The zero-order valence-corrected chi connectivity index (χ0v) is 11.9. The molecule has 0 saturated carbocycles. The molecule has 4 N–H and O–H groups in total. The van der Waals surface area contributed by atoms with Crippen molar-refractivity contribution in [2.24, 2.45) is 0 Å². The van der Waals surface area contributed by atoms with Crippen molar-refractivity contribution in [3.63, 3.8) is 0 Å². The van der Waals surface area contributed by atoms with Gasteiger partial charge in [-0.15, -0.1) is 11.3 Å². The minimum absolute atomic E-state index is 0.0631. The van der Waals surface area contributed by atoms with E-state index < -0.39 is 0 Å². The van der Waals surface area contributed by atoms with Gasteiger partial charge in [-0.1, -0.05) is 6.42 Å². The highest BCUT2D eigenvalue weighted by atomic mass is 79.9. The van der Waals surface area contributed by atoms with Crippen molar-refractivity contribution in [3.05, 3.63) is 14.7 Å². The van der Waals surface area contributed by atoms with Gasteiger partial charge in [-0.2, -0.15) is 0 Å². The molecule has 0 spiro atoms. The molecule has 0 unspecified atom stereocenters. The predicted octanol–water partition coefficient (Wildman–Crippen LogP) is 1.96. The number of thiophene rings is 1. The molecule has 0 bridgehead atoms. The monoisotopic (exact) mass is 317 g/mol. The number of hydrogen-bond donors (Lipinski definition) is 3. The Labute approximate surface area is 113 Å². The van der Waals surface area contributed by atoms with E-state index >= 15 is 0 Å². The van der Waals surface area contributed by atoms with Crippen LogP contribution in [0.5, 0.6) is 0 Å². The number of nitrogen functional groups attached to an aromatic ring is 1. The summed E-state index contributed by atoms with van der Waals surface area (Å²) in [6.45, 7) is 1.89. The maximum atomic E-state index is 12.0. The number of carbonyl (C=O) groups excluding carboxylic acids is 1. The third-order valence-electron chi connectivity index (χ3n) is 2.82. The summed E-state index contributed by atoms with van der Waals surface area (Å²) < 4.78 is 0.888. The van der Waals surface area contributed by atoms with Crippen molar-refractivity contribution in [2.45, 2.75) is 25.3 Å². The maximum Gasteiger partial charge on any atom is 0.263 e. The van der Waals surface area contributed by atoms with Gasteiger partial charge in [-0.05, 0) is 41.4 Å². The molecule has 1 aromatic rings. The number of rotatable bonds is 2. The van der Waals surface area contributed by atoms with Gasteiger partial charge in [-0.25, -0.2) is 0 Å². The lowest BCUT2D eigenvalue weighted by molar-refractivity contribution is 0.0940. The molecule has 94 valence electrons. The van der Waals surface area contributed by atoms with E-state index in [2.05, 4.69) is 26.6 Å². The second-order valence-electron chi connectivity index (χ2n) is 4.21. The fourth-order valence-corrected chi connectivity index (χ4v) is 3.39. The molecular formula is C11H16BrN3OS.